The molecule has 1 atom stereocenters. The molecule has 1 aromatic carbocycles. The molecule has 4 aromatic rings. The van der Waals surface area contributed by atoms with Gasteiger partial charge in [-0.25, -0.2) is 19.3 Å². The summed E-state index contributed by atoms with van der Waals surface area (Å²) >= 11 is 5.81. The molecule has 0 bridgehead atoms. The van der Waals surface area contributed by atoms with Crippen molar-refractivity contribution in [3.05, 3.63) is 71.2 Å². The van der Waals surface area contributed by atoms with Gasteiger partial charge in [0.2, 0.25) is 0 Å². The Morgan fingerprint density at radius 2 is 1.95 bits per heavy atom. The monoisotopic (exact) mass is 611 g/mol. The minimum Gasteiger partial charge on any atom is -0.382 e. The van der Waals surface area contributed by atoms with E-state index in [0.29, 0.717) is 28.9 Å². The zero-order valence-electron chi connectivity index (χ0n) is 23.1. The number of nitrogens with two attached hydrogens (primary N) is 1. The third-order valence-corrected chi connectivity index (χ3v) is 9.05. The average molecular weight is 612 g/mol. The summed E-state index contributed by atoms with van der Waals surface area (Å²) in [6, 6.07) is 7.68. The van der Waals surface area contributed by atoms with Crippen LogP contribution < -0.4 is 15.8 Å². The van der Waals surface area contributed by atoms with Gasteiger partial charge in [0.05, 0.1) is 41.9 Å². The Morgan fingerprint density at radius 3 is 2.57 bits per heavy atom. The molecule has 1 fully saturated rings. The van der Waals surface area contributed by atoms with Crippen LogP contribution in [0, 0.1) is 5.82 Å². The van der Waals surface area contributed by atoms with Crippen molar-refractivity contribution in [3.8, 4) is 11.3 Å². The second kappa shape index (κ2) is 11.3. The Balaban J connectivity index is 1.35. The minimum atomic E-state index is -4.13. The predicted octanol–water partition coefficient (Wildman–Crippen LogP) is 5.01. The Morgan fingerprint density at radius 1 is 1.14 bits per heavy atom. The fourth-order valence-electron chi connectivity index (χ4n) is 5.33. The maximum atomic E-state index is 15.4. The molecule has 0 saturated carbocycles. The van der Waals surface area contributed by atoms with E-state index in [-0.39, 0.29) is 27.5 Å². The highest BCUT2D eigenvalue weighted by atomic mass is 35.5. The molecule has 4 N–H and O–H groups in total. The molecule has 42 heavy (non-hydrogen) atoms. The molecule has 220 valence electrons. The van der Waals surface area contributed by atoms with E-state index < -0.39 is 15.8 Å². The van der Waals surface area contributed by atoms with Gasteiger partial charge in [0.25, 0.3) is 10.0 Å². The van der Waals surface area contributed by atoms with E-state index in [1.54, 1.807) is 12.3 Å². The number of nitrogen functional groups attached to an aromatic ring is 1. The van der Waals surface area contributed by atoms with Crippen molar-refractivity contribution in [1.82, 2.24) is 24.7 Å². The molecule has 1 aliphatic carbocycles. The summed E-state index contributed by atoms with van der Waals surface area (Å²) in [6.45, 7) is 5.60. The minimum absolute atomic E-state index is 0.0341. The van der Waals surface area contributed by atoms with Gasteiger partial charge in [0.1, 0.15) is 28.7 Å². The van der Waals surface area contributed by atoms with Crippen LogP contribution in [0.25, 0.3) is 22.3 Å². The smallest absolute Gasteiger partial charge is 0.279 e. The molecule has 6 rings (SSSR count). The van der Waals surface area contributed by atoms with E-state index in [9.17, 15) is 8.42 Å². The molecule has 13 heteroatoms. The number of nitrogens with one attached hydrogen (secondary N) is 2. The van der Waals surface area contributed by atoms with Crippen LogP contribution in [-0.2, 0) is 14.8 Å². The molecule has 1 saturated heterocycles. The van der Waals surface area contributed by atoms with Crippen LogP contribution in [-0.4, -0.2) is 53.1 Å². The summed E-state index contributed by atoms with van der Waals surface area (Å²) in [7, 11) is -4.13. The predicted molar refractivity (Wildman–Crippen MR) is 160 cm³/mol. The van der Waals surface area contributed by atoms with Crippen LogP contribution in [0.3, 0.4) is 0 Å². The van der Waals surface area contributed by atoms with Gasteiger partial charge in [-0.05, 0) is 49.1 Å². The topological polar surface area (TPSA) is 137 Å². The second-order valence-corrected chi connectivity index (χ2v) is 13.0. The summed E-state index contributed by atoms with van der Waals surface area (Å²) in [5.41, 5.74) is 9.76. The fraction of sp³-hybridized carbons (Fsp3) is 0.345. The molecule has 4 heterocycles. The first-order valence-electron chi connectivity index (χ1n) is 13.7. The number of allylic oxidation sites excluding steroid dienone is 1. The number of ether oxygens (including phenoxy) is 1. The van der Waals surface area contributed by atoms with E-state index in [1.165, 1.54) is 30.5 Å². The number of halogens is 2. The van der Waals surface area contributed by atoms with Crippen molar-refractivity contribution < 1.29 is 17.5 Å². The van der Waals surface area contributed by atoms with Crippen molar-refractivity contribution in [2.45, 2.75) is 56.1 Å². The lowest BCUT2D eigenvalue weighted by Gasteiger charge is -2.33. The van der Waals surface area contributed by atoms with Gasteiger partial charge in [-0.3, -0.25) is 9.12 Å². The number of rotatable bonds is 8. The van der Waals surface area contributed by atoms with Gasteiger partial charge in [-0.1, -0.05) is 37.6 Å². The van der Waals surface area contributed by atoms with E-state index in [4.69, 9.17) is 27.1 Å². The fourth-order valence-corrected chi connectivity index (χ4v) is 6.44. The first kappa shape index (κ1) is 28.5. The summed E-state index contributed by atoms with van der Waals surface area (Å²) in [6.07, 6.45) is 7.98. The molecule has 2 aliphatic rings. The SMILES string of the molecule is CC(C)c1nc(-c2ccc(NS(=O)(=O)c3ccc(Cl)cn3)c(F)c2)c2c(N)ncc(C3=CC[C@H](NC4COC4)CC3)n12. The largest absolute Gasteiger partial charge is 0.382 e. The first-order chi connectivity index (χ1) is 20.1. The zero-order chi connectivity index (χ0) is 29.6. The first-order valence-corrected chi connectivity index (χ1v) is 15.6. The molecule has 0 spiro atoms. The third kappa shape index (κ3) is 5.47. The maximum absolute atomic E-state index is 15.4. The summed E-state index contributed by atoms with van der Waals surface area (Å²) < 4.78 is 50.5. The summed E-state index contributed by atoms with van der Waals surface area (Å²) in [4.78, 5) is 13.2. The van der Waals surface area contributed by atoms with Gasteiger partial charge in [-0.2, -0.15) is 8.42 Å². The summed E-state index contributed by atoms with van der Waals surface area (Å²) in [5, 5.41) is 3.66. The standard InChI is InChI=1S/C29H31ClFN7O3S/c1-16(2)29-36-26(18-5-9-23(22(31)11-18)37-42(39,40)25-10-6-19(30)12-33-25)27-28(32)34-13-24(38(27)29)17-3-7-20(8-4-17)35-21-14-41-15-21/h3,5-6,9-13,16,20-21,35,37H,4,7-8,14-15H2,1-2H3,(H2,32,34)/t20-/m0/s1. The highest BCUT2D eigenvalue weighted by Gasteiger charge is 2.27. The Kier molecular flexibility index (Phi) is 7.64. The number of benzene rings is 1. The number of anilines is 2. The lowest BCUT2D eigenvalue weighted by Crippen LogP contribution is -2.50. The number of aromatic nitrogens is 4. The molecule has 1 aliphatic heterocycles. The van der Waals surface area contributed by atoms with Crippen LogP contribution in [0.2, 0.25) is 5.02 Å². The van der Waals surface area contributed by atoms with Crippen molar-refractivity contribution in [1.29, 1.82) is 0 Å². The number of fused-ring (bicyclic) bond motifs is 1. The normalized spacial score (nSPS) is 17.8. The number of pyridine rings is 1. The second-order valence-electron chi connectivity index (χ2n) is 10.9. The molecular weight excluding hydrogens is 581 g/mol. The highest BCUT2D eigenvalue weighted by molar-refractivity contribution is 7.92. The Hall–Kier alpha value is -3.58. The molecule has 3 aromatic heterocycles. The lowest BCUT2D eigenvalue weighted by atomic mass is 9.92. The van der Waals surface area contributed by atoms with E-state index in [0.717, 1.165) is 49.6 Å². The average Bonchev–Trinajstić information content (AvgIpc) is 3.35. The van der Waals surface area contributed by atoms with E-state index in [1.807, 2.05) is 18.2 Å². The van der Waals surface area contributed by atoms with Gasteiger partial charge in [-0.15, -0.1) is 0 Å². The van der Waals surface area contributed by atoms with Crippen molar-refractivity contribution in [3.63, 3.8) is 0 Å². The van der Waals surface area contributed by atoms with Crippen LogP contribution in [0.5, 0.6) is 0 Å². The van der Waals surface area contributed by atoms with Crippen molar-refractivity contribution in [2.75, 3.05) is 23.7 Å². The molecule has 0 radical (unpaired) electrons. The number of hydrogen-bond donors (Lipinski definition) is 3. The van der Waals surface area contributed by atoms with E-state index >= 15 is 4.39 Å². The van der Waals surface area contributed by atoms with Gasteiger partial charge < -0.3 is 15.8 Å². The van der Waals surface area contributed by atoms with E-state index in [2.05, 4.69) is 26.1 Å². The van der Waals surface area contributed by atoms with Crippen molar-refractivity contribution in [2.24, 2.45) is 0 Å². The van der Waals surface area contributed by atoms with Gasteiger partial charge in [0.15, 0.2) is 5.03 Å². The molecule has 10 nitrogen and oxygen atoms in total. The van der Waals surface area contributed by atoms with Gasteiger partial charge >= 0.3 is 0 Å². The van der Waals surface area contributed by atoms with Gasteiger partial charge in [0, 0.05) is 23.7 Å². The Bertz CT molecular complexity index is 1790. The molecular formula is C29H31ClFN7O3S. The molecule has 0 amide bonds. The van der Waals surface area contributed by atoms with Crippen LogP contribution >= 0.6 is 11.6 Å². The van der Waals surface area contributed by atoms with Crippen LogP contribution in [0.1, 0.15) is 50.5 Å². The number of nitrogens with zero attached hydrogens (tertiary/aromatic N) is 4. The zero-order valence-corrected chi connectivity index (χ0v) is 24.7. The van der Waals surface area contributed by atoms with Crippen LogP contribution in [0.15, 0.2) is 53.8 Å². The maximum Gasteiger partial charge on any atom is 0.279 e. The number of sulfonamides is 1. The third-order valence-electron chi connectivity index (χ3n) is 7.54. The number of hydrogen-bond acceptors (Lipinski definition) is 8. The quantitative estimate of drug-likeness (QED) is 0.253. The molecule has 0 unspecified atom stereocenters. The van der Waals surface area contributed by atoms with Crippen LogP contribution in [0.4, 0.5) is 15.9 Å². The van der Waals surface area contributed by atoms with Crippen molar-refractivity contribution >= 4 is 44.2 Å². The highest BCUT2D eigenvalue weighted by Crippen LogP contribution is 2.36. The Labute approximate surface area is 248 Å². The summed E-state index contributed by atoms with van der Waals surface area (Å²) in [5.74, 6) is 0.307. The number of imidazole rings is 1. The lowest BCUT2D eigenvalue weighted by molar-refractivity contribution is -0.0103.